The molecule has 6 heteroatoms. The maximum absolute atomic E-state index is 7.33. The van der Waals surface area contributed by atoms with E-state index in [0.29, 0.717) is 0 Å². The van der Waals surface area contributed by atoms with E-state index in [1.165, 1.54) is 0 Å². The van der Waals surface area contributed by atoms with Crippen LogP contribution in [0.5, 0.6) is 0 Å². The first-order valence-electron chi connectivity index (χ1n) is 0.894. The molecule has 0 radical (unpaired) electrons. The van der Waals surface area contributed by atoms with Gasteiger partial charge in [-0.3, -0.25) is 0 Å². The van der Waals surface area contributed by atoms with E-state index in [0.717, 1.165) is 0 Å². The Morgan fingerprint density at radius 1 is 1.00 bits per heavy atom. The average Bonchev–Trinajstić information content (AvgIpc) is 0.722. The Bertz CT molecular complexity index is 27.2. The molecule has 0 saturated heterocycles. The molecule has 34 valence electrons. The third kappa shape index (κ3) is 43.7. The summed E-state index contributed by atoms with van der Waals surface area (Å²) in [4.78, 5) is 29.3. The van der Waals surface area contributed by atoms with Gasteiger partial charge in [-0.1, -0.05) is 0 Å². The zero-order valence-electron chi connectivity index (χ0n) is 4.29. The molecule has 0 aromatic heterocycles. The summed E-state index contributed by atoms with van der Waals surface area (Å²) in [6.45, 7) is 0. The van der Waals surface area contributed by atoms with Crippen LogP contribution in [0, 0.1) is 0 Å². The minimum Gasteiger partial charge on any atom is -1.00 e. The van der Waals surface area contributed by atoms with E-state index in [1.54, 1.807) is 0 Å². The maximum Gasteiger partial charge on any atom is 1.00 e. The Morgan fingerprint density at radius 2 is 1.00 bits per heavy atom. The van der Waals surface area contributed by atoms with Crippen LogP contribution in [-0.2, 0) is 0 Å². The molecule has 0 aliphatic carbocycles. The van der Waals surface area contributed by atoms with E-state index >= 15 is 0 Å². The molecule has 0 aliphatic heterocycles. The number of rotatable bonds is 0. The molecule has 0 atom stereocenters. The van der Waals surface area contributed by atoms with E-state index < -0.39 is 9.05 Å². The maximum atomic E-state index is 7.33. The molecule has 0 heterocycles. The van der Waals surface area contributed by atoms with Crippen molar-refractivity contribution in [1.82, 2.24) is 0 Å². The average molecular weight is 136 g/mol. The molecule has 0 unspecified atom stereocenters. The number of hydrogen-bond donors (Lipinski definition) is 4. The Labute approximate surface area is 79.8 Å². The first-order valence-corrected chi connectivity index (χ1v) is 2.68. The largest absolute Gasteiger partial charge is 1.00 e. The van der Waals surface area contributed by atoms with E-state index in [1.807, 2.05) is 0 Å². The van der Waals surface area contributed by atoms with Gasteiger partial charge in [0.05, 0.1) is 0 Å². The van der Waals surface area contributed by atoms with E-state index in [2.05, 4.69) is 0 Å². The van der Waals surface area contributed by atoms with Gasteiger partial charge in [-0.15, -0.1) is 0 Å². The van der Waals surface area contributed by atoms with Crippen molar-refractivity contribution >= 4 is 9.05 Å². The molecule has 0 bridgehead atoms. The summed E-state index contributed by atoms with van der Waals surface area (Å²) in [6.07, 6.45) is 0. The molecular formula is H5KO4Si. The van der Waals surface area contributed by atoms with Crippen LogP contribution in [0.4, 0.5) is 0 Å². The number of hydrogen-bond acceptors (Lipinski definition) is 4. The van der Waals surface area contributed by atoms with Gasteiger partial charge < -0.3 is 20.6 Å². The molecule has 0 aliphatic rings. The zero-order valence-corrected chi connectivity index (χ0v) is 7.41. The molecule has 0 fully saturated rings. The molecular weight excluding hydrogens is 131 g/mol. The van der Waals surface area contributed by atoms with Gasteiger partial charge in [-0.25, -0.2) is 0 Å². The Morgan fingerprint density at radius 3 is 1.00 bits per heavy atom. The van der Waals surface area contributed by atoms with Gasteiger partial charge in [-0.05, 0) is 0 Å². The first kappa shape index (κ1) is 10.6. The van der Waals surface area contributed by atoms with Gasteiger partial charge in [0.25, 0.3) is 0 Å². The fourth-order valence-electron chi connectivity index (χ4n) is 0. The van der Waals surface area contributed by atoms with E-state index in [9.17, 15) is 0 Å². The van der Waals surface area contributed by atoms with Crippen molar-refractivity contribution in [3.8, 4) is 0 Å². The third-order valence-corrected chi connectivity index (χ3v) is 0. The molecule has 0 aromatic rings. The Hall–Kier alpha value is 1.69. The Kier molecular flexibility index (Phi) is 6.50. The normalized spacial score (nSPS) is 10.0. The van der Waals surface area contributed by atoms with Crippen LogP contribution < -0.4 is 51.4 Å². The minimum absolute atomic E-state index is 0. The van der Waals surface area contributed by atoms with E-state index in [-0.39, 0.29) is 52.8 Å². The van der Waals surface area contributed by atoms with Crippen LogP contribution in [0.25, 0.3) is 0 Å². The minimum atomic E-state index is -4.61. The van der Waals surface area contributed by atoms with Gasteiger partial charge >= 0.3 is 60.4 Å². The van der Waals surface area contributed by atoms with Crippen LogP contribution in [0.15, 0.2) is 0 Å². The molecule has 6 heavy (non-hydrogen) atoms. The van der Waals surface area contributed by atoms with Crippen LogP contribution in [0.3, 0.4) is 0 Å². The van der Waals surface area contributed by atoms with Crippen molar-refractivity contribution in [3.63, 3.8) is 0 Å². The summed E-state index contributed by atoms with van der Waals surface area (Å²) in [7, 11) is -4.61. The van der Waals surface area contributed by atoms with Crippen LogP contribution in [-0.4, -0.2) is 28.2 Å². The smallest absolute Gasteiger partial charge is 1.00 e. The second kappa shape index (κ2) is 3.67. The molecule has 0 amide bonds. The topological polar surface area (TPSA) is 80.9 Å². The predicted molar refractivity (Wildman–Crippen MR) is 15.7 cm³/mol. The molecule has 0 rings (SSSR count). The van der Waals surface area contributed by atoms with Crippen molar-refractivity contribution in [2.75, 3.05) is 0 Å². The summed E-state index contributed by atoms with van der Waals surface area (Å²) >= 11 is 0. The van der Waals surface area contributed by atoms with Gasteiger partial charge in [-0.2, -0.15) is 0 Å². The molecule has 0 spiro atoms. The van der Waals surface area contributed by atoms with Crippen molar-refractivity contribution in [1.29, 1.82) is 0 Å². The van der Waals surface area contributed by atoms with Crippen molar-refractivity contribution in [2.24, 2.45) is 0 Å². The summed E-state index contributed by atoms with van der Waals surface area (Å²) in [5.74, 6) is 0. The second-order valence-corrected chi connectivity index (χ2v) is 1.80. The fraction of sp³-hybridized carbons (Fsp3) is 0. The van der Waals surface area contributed by atoms with Crippen LogP contribution >= 0.6 is 0 Å². The van der Waals surface area contributed by atoms with Crippen LogP contribution in [0.2, 0.25) is 0 Å². The standard InChI is InChI=1S/K.H4O4Si.H/c;1-5(2,3)4;/h;1-4H;/q+1;;-1. The summed E-state index contributed by atoms with van der Waals surface area (Å²) < 4.78 is 0. The Balaban J connectivity index is -0.0000000800. The van der Waals surface area contributed by atoms with Gasteiger partial charge in [0.15, 0.2) is 0 Å². The van der Waals surface area contributed by atoms with Crippen molar-refractivity contribution in [2.45, 2.75) is 0 Å². The second-order valence-electron chi connectivity index (χ2n) is 0.600. The van der Waals surface area contributed by atoms with Crippen molar-refractivity contribution < 1.29 is 72.0 Å². The molecule has 0 saturated carbocycles. The van der Waals surface area contributed by atoms with Gasteiger partial charge in [0.2, 0.25) is 0 Å². The SMILES string of the molecule is O[Si](O)(O)O.[H-].[K+]. The molecule has 4 nitrogen and oxygen atoms in total. The monoisotopic (exact) mass is 136 g/mol. The van der Waals surface area contributed by atoms with Gasteiger partial charge in [0.1, 0.15) is 0 Å². The quantitative estimate of drug-likeness (QED) is 0.250. The van der Waals surface area contributed by atoms with E-state index in [4.69, 9.17) is 19.2 Å². The zero-order chi connectivity index (χ0) is 4.50. The first-order chi connectivity index (χ1) is 2.00. The predicted octanol–water partition coefficient (Wildman–Crippen LogP) is -5.49. The summed E-state index contributed by atoms with van der Waals surface area (Å²) in [5, 5.41) is 0. The summed E-state index contributed by atoms with van der Waals surface area (Å²) in [6, 6.07) is 0. The molecule has 4 N–H and O–H groups in total. The fourth-order valence-corrected chi connectivity index (χ4v) is 0. The van der Waals surface area contributed by atoms with Gasteiger partial charge in [0, 0.05) is 0 Å². The van der Waals surface area contributed by atoms with Crippen molar-refractivity contribution in [3.05, 3.63) is 0 Å². The summed E-state index contributed by atoms with van der Waals surface area (Å²) in [5.41, 5.74) is 0. The van der Waals surface area contributed by atoms with Crippen LogP contribution in [0.1, 0.15) is 1.43 Å². The molecule has 0 aromatic carbocycles. The third-order valence-electron chi connectivity index (χ3n) is 0.